The van der Waals surface area contributed by atoms with Crippen LogP contribution in [0.25, 0.3) is 0 Å². The van der Waals surface area contributed by atoms with Crippen LogP contribution in [0.4, 0.5) is 0 Å². The van der Waals surface area contributed by atoms with Crippen LogP contribution in [0.1, 0.15) is 40.2 Å². The molecular formula is C17H19Br6N5O2. The zero-order chi connectivity index (χ0) is 22.3. The summed E-state index contributed by atoms with van der Waals surface area (Å²) in [6.45, 7) is 2.85. The Morgan fingerprint density at radius 3 is 1.43 bits per heavy atom. The van der Waals surface area contributed by atoms with Crippen molar-refractivity contribution in [2.45, 2.75) is 19.3 Å². The van der Waals surface area contributed by atoms with Gasteiger partial charge in [-0.2, -0.15) is 0 Å². The second-order valence-electron chi connectivity index (χ2n) is 6.21. The van der Waals surface area contributed by atoms with Gasteiger partial charge in [0.05, 0.1) is 27.1 Å². The van der Waals surface area contributed by atoms with Crippen LogP contribution >= 0.6 is 95.6 Å². The molecular weight excluding hydrogens is 786 g/mol. The lowest BCUT2D eigenvalue weighted by Crippen LogP contribution is -2.28. The third-order valence-electron chi connectivity index (χ3n) is 4.02. The van der Waals surface area contributed by atoms with Crippen LogP contribution in [0.5, 0.6) is 0 Å². The molecule has 30 heavy (non-hydrogen) atoms. The highest BCUT2D eigenvalue weighted by molar-refractivity contribution is 9.15. The number of nitrogens with one attached hydrogen (secondary N) is 5. The number of carbonyl (C=O) groups is 2. The minimum absolute atomic E-state index is 0.148. The fourth-order valence-corrected chi connectivity index (χ4v) is 5.33. The zero-order valence-electron chi connectivity index (χ0n) is 15.5. The van der Waals surface area contributed by atoms with Crippen molar-refractivity contribution in [2.75, 3.05) is 26.2 Å². The monoisotopic (exact) mass is 799 g/mol. The van der Waals surface area contributed by atoms with Gasteiger partial charge in [0.15, 0.2) is 0 Å². The molecule has 2 aromatic heterocycles. The summed E-state index contributed by atoms with van der Waals surface area (Å²) >= 11 is 20.2. The Morgan fingerprint density at radius 2 is 1.00 bits per heavy atom. The van der Waals surface area contributed by atoms with Crippen molar-refractivity contribution in [1.82, 2.24) is 25.9 Å². The minimum atomic E-state index is -0.156. The van der Waals surface area contributed by atoms with E-state index in [0.717, 1.165) is 50.5 Å². The Kier molecular flexibility index (Phi) is 11.7. The van der Waals surface area contributed by atoms with Gasteiger partial charge in [-0.15, -0.1) is 0 Å². The molecule has 0 fully saturated rings. The fourth-order valence-electron chi connectivity index (χ4n) is 2.46. The molecule has 0 aliphatic heterocycles. The molecule has 0 aliphatic rings. The smallest absolute Gasteiger partial charge is 0.268 e. The standard InChI is InChI=1S/C17H19Br6N5O2/c18-8-10(20)14(22)27-12(8)16(29)25-6-2-1-4-24-5-3-7-26-17(30)13-9(19)11(21)15(23)28-13/h24,27-28H,1-7H2,(H,25,29)(H,26,30). The first-order chi connectivity index (χ1) is 14.2. The molecule has 5 N–H and O–H groups in total. The zero-order valence-corrected chi connectivity index (χ0v) is 25.1. The van der Waals surface area contributed by atoms with Gasteiger partial charge in [-0.3, -0.25) is 9.59 Å². The fraction of sp³-hybridized carbons (Fsp3) is 0.412. The first-order valence-corrected chi connectivity index (χ1v) is 13.7. The molecule has 2 rings (SSSR count). The Bertz CT molecular complexity index is 826. The van der Waals surface area contributed by atoms with E-state index in [9.17, 15) is 9.59 Å². The maximum absolute atomic E-state index is 12.2. The number of H-pyrrole nitrogens is 2. The average Bonchev–Trinajstić information content (AvgIpc) is 3.13. The summed E-state index contributed by atoms with van der Waals surface area (Å²) in [6, 6.07) is 0. The maximum Gasteiger partial charge on any atom is 0.268 e. The summed E-state index contributed by atoms with van der Waals surface area (Å²) in [7, 11) is 0. The molecule has 0 unspecified atom stereocenters. The summed E-state index contributed by atoms with van der Waals surface area (Å²) in [5, 5.41) is 9.13. The number of unbranched alkanes of at least 4 members (excludes halogenated alkanes) is 1. The first-order valence-electron chi connectivity index (χ1n) is 8.96. The number of aromatic nitrogens is 2. The van der Waals surface area contributed by atoms with E-state index in [1.165, 1.54) is 0 Å². The molecule has 7 nitrogen and oxygen atoms in total. The molecule has 0 saturated carbocycles. The largest absolute Gasteiger partial charge is 0.351 e. The van der Waals surface area contributed by atoms with Crippen LogP contribution in [0, 0.1) is 0 Å². The molecule has 0 aliphatic carbocycles. The highest BCUT2D eigenvalue weighted by Gasteiger charge is 2.18. The van der Waals surface area contributed by atoms with Crippen molar-refractivity contribution >= 4 is 107 Å². The van der Waals surface area contributed by atoms with Crippen LogP contribution in [0.2, 0.25) is 0 Å². The van der Waals surface area contributed by atoms with E-state index in [1.54, 1.807) is 0 Å². The number of aromatic amines is 2. The molecule has 0 radical (unpaired) electrons. The van der Waals surface area contributed by atoms with Gasteiger partial charge in [-0.05, 0) is 128 Å². The lowest BCUT2D eigenvalue weighted by atomic mass is 10.3. The SMILES string of the molecule is O=C(NCCCCNCCCNC(=O)c1[nH]c(Br)c(Br)c1Br)c1[nH]c(Br)c(Br)c1Br. The van der Waals surface area contributed by atoms with Gasteiger partial charge < -0.3 is 25.9 Å². The van der Waals surface area contributed by atoms with Crippen molar-refractivity contribution in [1.29, 1.82) is 0 Å². The van der Waals surface area contributed by atoms with E-state index >= 15 is 0 Å². The van der Waals surface area contributed by atoms with Gasteiger partial charge in [0.1, 0.15) is 11.4 Å². The molecule has 13 heteroatoms. The van der Waals surface area contributed by atoms with Crippen LogP contribution in [-0.4, -0.2) is 48.0 Å². The summed E-state index contributed by atoms with van der Waals surface area (Å²) in [4.78, 5) is 30.3. The normalized spacial score (nSPS) is 11.0. The summed E-state index contributed by atoms with van der Waals surface area (Å²) in [5.74, 6) is -0.304. The second kappa shape index (κ2) is 13.1. The molecule has 2 amide bonds. The van der Waals surface area contributed by atoms with Crippen molar-refractivity contribution in [3.8, 4) is 0 Å². The number of halogens is 6. The summed E-state index contributed by atoms with van der Waals surface area (Å²) < 4.78 is 4.41. The van der Waals surface area contributed by atoms with Crippen LogP contribution < -0.4 is 16.0 Å². The average molecular weight is 805 g/mol. The van der Waals surface area contributed by atoms with Crippen LogP contribution in [0.15, 0.2) is 27.1 Å². The van der Waals surface area contributed by atoms with Gasteiger partial charge in [-0.1, -0.05) is 0 Å². The number of hydrogen-bond acceptors (Lipinski definition) is 3. The maximum atomic E-state index is 12.2. The highest BCUT2D eigenvalue weighted by Crippen LogP contribution is 2.34. The second-order valence-corrected chi connectivity index (χ2v) is 11.0. The predicted molar refractivity (Wildman–Crippen MR) is 139 cm³/mol. The summed E-state index contributed by atoms with van der Waals surface area (Å²) in [6.07, 6.45) is 2.65. The van der Waals surface area contributed by atoms with E-state index in [2.05, 4.69) is 121 Å². The number of hydrogen-bond donors (Lipinski definition) is 5. The number of amides is 2. The Balaban J connectivity index is 1.51. The lowest BCUT2D eigenvalue weighted by Gasteiger charge is -2.07. The minimum Gasteiger partial charge on any atom is -0.351 e. The quantitative estimate of drug-likeness (QED) is 0.185. The van der Waals surface area contributed by atoms with E-state index in [4.69, 9.17) is 0 Å². The van der Waals surface area contributed by atoms with Gasteiger partial charge in [-0.25, -0.2) is 0 Å². The molecule has 0 aromatic carbocycles. The molecule has 0 saturated heterocycles. The van der Waals surface area contributed by atoms with Crippen LogP contribution in [0.3, 0.4) is 0 Å². The van der Waals surface area contributed by atoms with Gasteiger partial charge >= 0.3 is 0 Å². The van der Waals surface area contributed by atoms with E-state index < -0.39 is 0 Å². The molecule has 166 valence electrons. The van der Waals surface area contributed by atoms with Crippen molar-refractivity contribution in [3.05, 3.63) is 38.5 Å². The van der Waals surface area contributed by atoms with Crippen LogP contribution in [-0.2, 0) is 0 Å². The van der Waals surface area contributed by atoms with Gasteiger partial charge in [0, 0.05) is 13.1 Å². The first kappa shape index (κ1) is 26.6. The third kappa shape index (κ3) is 7.45. The Morgan fingerprint density at radius 1 is 0.600 bits per heavy atom. The van der Waals surface area contributed by atoms with Gasteiger partial charge in [0.2, 0.25) is 0 Å². The number of carbonyl (C=O) groups excluding carboxylic acids is 2. The Labute approximate surface area is 224 Å². The third-order valence-corrected chi connectivity index (χ3v) is 10.5. The highest BCUT2D eigenvalue weighted by atomic mass is 79.9. The Hall–Kier alpha value is 0.340. The molecule has 0 atom stereocenters. The van der Waals surface area contributed by atoms with E-state index in [0.29, 0.717) is 33.4 Å². The number of rotatable bonds is 11. The van der Waals surface area contributed by atoms with E-state index in [1.807, 2.05) is 0 Å². The molecule has 0 bridgehead atoms. The van der Waals surface area contributed by atoms with Gasteiger partial charge in [0.25, 0.3) is 11.8 Å². The summed E-state index contributed by atoms with van der Waals surface area (Å²) in [5.41, 5.74) is 0.967. The van der Waals surface area contributed by atoms with Crippen molar-refractivity contribution in [3.63, 3.8) is 0 Å². The van der Waals surface area contributed by atoms with E-state index in [-0.39, 0.29) is 11.8 Å². The topological polar surface area (TPSA) is 102 Å². The van der Waals surface area contributed by atoms with Crippen molar-refractivity contribution in [2.24, 2.45) is 0 Å². The molecule has 0 spiro atoms. The lowest BCUT2D eigenvalue weighted by molar-refractivity contribution is 0.0939. The molecule has 2 heterocycles. The predicted octanol–water partition coefficient (Wildman–Crippen LogP) is 5.84. The van der Waals surface area contributed by atoms with Crippen molar-refractivity contribution < 1.29 is 9.59 Å². The molecule has 2 aromatic rings.